The number of aromatic nitrogens is 3. The van der Waals surface area contributed by atoms with Crippen molar-refractivity contribution >= 4 is 22.5 Å². The SMILES string of the molecule is O=c1[nH]cnc2ccc(-c3cccnc3-c3ccc(F)c(Cl)c3)cc12. The molecule has 0 amide bonds. The first-order valence-corrected chi connectivity index (χ1v) is 7.89. The largest absolute Gasteiger partial charge is 0.313 e. The second-order valence-electron chi connectivity index (χ2n) is 5.49. The maximum atomic E-state index is 13.5. The monoisotopic (exact) mass is 351 g/mol. The average molecular weight is 352 g/mol. The van der Waals surface area contributed by atoms with Gasteiger partial charge in [-0.05, 0) is 42.0 Å². The van der Waals surface area contributed by atoms with E-state index in [-0.39, 0.29) is 10.6 Å². The number of halogens is 2. The third-order valence-corrected chi connectivity index (χ3v) is 4.24. The van der Waals surface area contributed by atoms with Gasteiger partial charge in [-0.15, -0.1) is 0 Å². The van der Waals surface area contributed by atoms with Gasteiger partial charge in [-0.3, -0.25) is 9.78 Å². The fraction of sp³-hybridized carbons (Fsp3) is 0. The summed E-state index contributed by atoms with van der Waals surface area (Å²) in [6.07, 6.45) is 3.03. The van der Waals surface area contributed by atoms with Crippen LogP contribution >= 0.6 is 11.6 Å². The van der Waals surface area contributed by atoms with Gasteiger partial charge in [0.25, 0.3) is 5.56 Å². The van der Waals surface area contributed by atoms with Crippen LogP contribution in [0.25, 0.3) is 33.3 Å². The van der Waals surface area contributed by atoms with Gasteiger partial charge in [0, 0.05) is 17.3 Å². The fourth-order valence-corrected chi connectivity index (χ4v) is 2.93. The summed E-state index contributed by atoms with van der Waals surface area (Å²) in [5.41, 5.74) is 3.39. The summed E-state index contributed by atoms with van der Waals surface area (Å²) in [4.78, 5) is 23.2. The van der Waals surface area contributed by atoms with E-state index in [0.29, 0.717) is 22.2 Å². The highest BCUT2D eigenvalue weighted by Gasteiger charge is 2.12. The van der Waals surface area contributed by atoms with Gasteiger partial charge in [-0.1, -0.05) is 23.7 Å². The summed E-state index contributed by atoms with van der Waals surface area (Å²) < 4.78 is 13.5. The Kier molecular flexibility index (Phi) is 3.78. The highest BCUT2D eigenvalue weighted by Crippen LogP contribution is 2.32. The second kappa shape index (κ2) is 6.11. The molecule has 0 bridgehead atoms. The molecule has 2 heterocycles. The zero-order valence-corrected chi connectivity index (χ0v) is 13.6. The number of pyridine rings is 1. The lowest BCUT2D eigenvalue weighted by Gasteiger charge is -2.10. The molecule has 4 rings (SSSR count). The first-order valence-electron chi connectivity index (χ1n) is 7.52. The van der Waals surface area contributed by atoms with Crippen molar-refractivity contribution in [3.63, 3.8) is 0 Å². The lowest BCUT2D eigenvalue weighted by molar-refractivity contribution is 0.628. The Bertz CT molecular complexity index is 1160. The molecule has 122 valence electrons. The van der Waals surface area contributed by atoms with Gasteiger partial charge in [0.15, 0.2) is 0 Å². The van der Waals surface area contributed by atoms with Gasteiger partial charge >= 0.3 is 0 Å². The van der Waals surface area contributed by atoms with Crippen LogP contribution < -0.4 is 5.56 Å². The van der Waals surface area contributed by atoms with Gasteiger partial charge in [0.2, 0.25) is 0 Å². The predicted octanol–water partition coefficient (Wildman–Crippen LogP) is 4.44. The molecule has 0 atom stereocenters. The van der Waals surface area contributed by atoms with E-state index in [1.165, 1.54) is 18.5 Å². The molecule has 2 aromatic carbocycles. The maximum Gasteiger partial charge on any atom is 0.258 e. The second-order valence-corrected chi connectivity index (χ2v) is 5.90. The zero-order chi connectivity index (χ0) is 17.4. The van der Waals surface area contributed by atoms with Crippen LogP contribution in [0.5, 0.6) is 0 Å². The van der Waals surface area contributed by atoms with Crippen molar-refractivity contribution < 1.29 is 4.39 Å². The third kappa shape index (κ3) is 2.79. The standard InChI is InChI=1S/C19H11ClFN3O/c20-15-9-12(3-5-16(15)21)18-13(2-1-7-22-18)11-4-6-17-14(8-11)19(25)24-10-23-17/h1-10H,(H,23,24,25). The molecule has 0 fully saturated rings. The quantitative estimate of drug-likeness (QED) is 0.580. The number of nitrogens with zero attached hydrogens (tertiary/aromatic N) is 2. The van der Waals surface area contributed by atoms with Crippen LogP contribution in [-0.2, 0) is 0 Å². The van der Waals surface area contributed by atoms with E-state index in [1.54, 1.807) is 24.4 Å². The van der Waals surface area contributed by atoms with Crippen LogP contribution in [-0.4, -0.2) is 15.0 Å². The minimum Gasteiger partial charge on any atom is -0.313 e. The first-order chi connectivity index (χ1) is 12.1. The van der Waals surface area contributed by atoms with Crippen LogP contribution in [0.15, 0.2) is 65.8 Å². The molecule has 4 nitrogen and oxygen atoms in total. The van der Waals surface area contributed by atoms with Crippen molar-refractivity contribution in [2.75, 3.05) is 0 Å². The average Bonchev–Trinajstić information content (AvgIpc) is 2.64. The van der Waals surface area contributed by atoms with E-state index in [1.807, 2.05) is 18.2 Å². The van der Waals surface area contributed by atoms with Crippen molar-refractivity contribution in [3.05, 3.63) is 82.2 Å². The van der Waals surface area contributed by atoms with Crippen LogP contribution in [0.1, 0.15) is 0 Å². The van der Waals surface area contributed by atoms with Crippen molar-refractivity contribution in [2.24, 2.45) is 0 Å². The van der Waals surface area contributed by atoms with Gasteiger partial charge < -0.3 is 4.98 Å². The van der Waals surface area contributed by atoms with E-state index >= 15 is 0 Å². The van der Waals surface area contributed by atoms with Crippen LogP contribution in [0.2, 0.25) is 5.02 Å². The summed E-state index contributed by atoms with van der Waals surface area (Å²) in [6, 6.07) is 13.6. The van der Waals surface area contributed by atoms with Gasteiger partial charge in [0.1, 0.15) is 5.82 Å². The molecular weight excluding hydrogens is 341 g/mol. The predicted molar refractivity (Wildman–Crippen MR) is 96.0 cm³/mol. The zero-order valence-electron chi connectivity index (χ0n) is 12.8. The molecule has 25 heavy (non-hydrogen) atoms. The van der Waals surface area contributed by atoms with Gasteiger partial charge in [-0.25, -0.2) is 9.37 Å². The van der Waals surface area contributed by atoms with E-state index in [2.05, 4.69) is 15.0 Å². The molecule has 0 aliphatic rings. The highest BCUT2D eigenvalue weighted by atomic mass is 35.5. The number of hydrogen-bond acceptors (Lipinski definition) is 3. The van der Waals surface area contributed by atoms with Gasteiger partial charge in [0.05, 0.1) is 27.9 Å². The molecule has 0 saturated heterocycles. The molecule has 0 unspecified atom stereocenters. The summed E-state index contributed by atoms with van der Waals surface area (Å²) in [5, 5.41) is 0.528. The molecule has 0 aliphatic carbocycles. The van der Waals surface area contributed by atoms with Crippen LogP contribution in [0, 0.1) is 5.82 Å². The molecule has 2 aromatic heterocycles. The molecule has 0 aliphatic heterocycles. The van der Waals surface area contributed by atoms with E-state index in [9.17, 15) is 9.18 Å². The molecule has 0 radical (unpaired) electrons. The van der Waals surface area contributed by atoms with E-state index < -0.39 is 5.82 Å². The first kappa shape index (κ1) is 15.5. The number of rotatable bonds is 2. The van der Waals surface area contributed by atoms with E-state index in [4.69, 9.17) is 11.6 Å². The van der Waals surface area contributed by atoms with Crippen molar-refractivity contribution in [1.29, 1.82) is 0 Å². The lowest BCUT2D eigenvalue weighted by atomic mass is 9.98. The number of nitrogens with one attached hydrogen (secondary N) is 1. The summed E-state index contributed by atoms with van der Waals surface area (Å²) in [6.45, 7) is 0. The topological polar surface area (TPSA) is 58.6 Å². The molecule has 6 heteroatoms. The Hall–Kier alpha value is -3.05. The smallest absolute Gasteiger partial charge is 0.258 e. The van der Waals surface area contributed by atoms with Gasteiger partial charge in [-0.2, -0.15) is 0 Å². The fourth-order valence-electron chi connectivity index (χ4n) is 2.75. The van der Waals surface area contributed by atoms with Crippen molar-refractivity contribution in [2.45, 2.75) is 0 Å². The Morgan fingerprint density at radius 3 is 2.68 bits per heavy atom. The molecule has 0 saturated carbocycles. The highest BCUT2D eigenvalue weighted by molar-refractivity contribution is 6.31. The lowest BCUT2D eigenvalue weighted by Crippen LogP contribution is -2.06. The molecule has 0 spiro atoms. The number of hydrogen-bond donors (Lipinski definition) is 1. The summed E-state index contributed by atoms with van der Waals surface area (Å²) in [7, 11) is 0. The normalized spacial score (nSPS) is 11.0. The van der Waals surface area contributed by atoms with Crippen LogP contribution in [0.3, 0.4) is 0 Å². The molecule has 4 aromatic rings. The number of fused-ring (bicyclic) bond motifs is 1. The minimum atomic E-state index is -0.480. The molecular formula is C19H11ClFN3O. The van der Waals surface area contributed by atoms with E-state index in [0.717, 1.165) is 11.1 Å². The summed E-state index contributed by atoms with van der Waals surface area (Å²) >= 11 is 5.90. The number of aromatic amines is 1. The number of benzene rings is 2. The van der Waals surface area contributed by atoms with Crippen LogP contribution in [0.4, 0.5) is 4.39 Å². The molecule has 1 N–H and O–H groups in total. The Morgan fingerprint density at radius 1 is 1.00 bits per heavy atom. The Morgan fingerprint density at radius 2 is 1.84 bits per heavy atom. The minimum absolute atomic E-state index is 0.0354. The van der Waals surface area contributed by atoms with Crippen molar-refractivity contribution in [1.82, 2.24) is 15.0 Å². The summed E-state index contributed by atoms with van der Waals surface area (Å²) in [5.74, 6) is -0.480. The number of H-pyrrole nitrogens is 1. The Balaban J connectivity index is 1.93. The third-order valence-electron chi connectivity index (χ3n) is 3.95. The van der Waals surface area contributed by atoms with Crippen molar-refractivity contribution in [3.8, 4) is 22.4 Å². The Labute approximate surface area is 147 Å². The maximum absolute atomic E-state index is 13.5.